The number of hydrogen-bond donors (Lipinski definition) is 1. The van der Waals surface area contributed by atoms with Gasteiger partial charge in [-0.2, -0.15) is 0 Å². The molecule has 0 saturated heterocycles. The quantitative estimate of drug-likeness (QED) is 0.900. The summed E-state index contributed by atoms with van der Waals surface area (Å²) in [6.45, 7) is 7.76. The van der Waals surface area contributed by atoms with Gasteiger partial charge < -0.3 is 0 Å². The summed E-state index contributed by atoms with van der Waals surface area (Å²) in [5, 5.41) is 3.09. The van der Waals surface area contributed by atoms with Gasteiger partial charge in [-0.1, -0.05) is 51.1 Å². The van der Waals surface area contributed by atoms with Crippen LogP contribution in [-0.2, 0) is 12.0 Å². The van der Waals surface area contributed by atoms with E-state index in [-0.39, 0.29) is 16.4 Å². The predicted molar refractivity (Wildman–Crippen MR) is 83.7 cm³/mol. The van der Waals surface area contributed by atoms with Gasteiger partial charge in [0.1, 0.15) is 0 Å². The summed E-state index contributed by atoms with van der Waals surface area (Å²) in [4.78, 5) is 12.5. The molecule has 1 saturated carbocycles. The highest BCUT2D eigenvalue weighted by atomic mass is 16.1. The minimum atomic E-state index is 0.112. The third-order valence-electron chi connectivity index (χ3n) is 6.29. The van der Waals surface area contributed by atoms with E-state index in [1.807, 2.05) is 6.07 Å². The van der Waals surface area contributed by atoms with Crippen LogP contribution in [0.4, 0.5) is 0 Å². The lowest BCUT2D eigenvalue weighted by atomic mass is 9.70. The van der Waals surface area contributed by atoms with E-state index in [1.54, 1.807) is 0 Å². The molecule has 2 atom stereocenters. The molecule has 0 unspecified atom stereocenters. The van der Waals surface area contributed by atoms with Crippen LogP contribution in [0.3, 0.4) is 0 Å². The van der Waals surface area contributed by atoms with E-state index in [0.717, 1.165) is 18.5 Å². The normalized spacial score (nSPS) is 28.8. The fourth-order valence-corrected chi connectivity index (χ4v) is 4.72. The summed E-state index contributed by atoms with van der Waals surface area (Å²) < 4.78 is 2.11. The lowest BCUT2D eigenvalue weighted by Crippen LogP contribution is -2.34. The molecule has 1 aromatic heterocycles. The number of nitrogens with one attached hydrogen (secondary N) is 1. The van der Waals surface area contributed by atoms with Gasteiger partial charge in [0.15, 0.2) is 0 Å². The summed E-state index contributed by atoms with van der Waals surface area (Å²) in [6, 6.07) is 10.4. The smallest absolute Gasteiger partial charge is 0.267 e. The minimum Gasteiger partial charge on any atom is -0.284 e. The van der Waals surface area contributed by atoms with E-state index >= 15 is 0 Å². The zero-order chi connectivity index (χ0) is 14.8. The molecule has 4 rings (SSSR count). The van der Waals surface area contributed by atoms with E-state index < -0.39 is 0 Å². The molecule has 1 fully saturated rings. The Morgan fingerprint density at radius 3 is 2.67 bits per heavy atom. The summed E-state index contributed by atoms with van der Waals surface area (Å²) in [6.07, 6.45) is 2.33. The van der Waals surface area contributed by atoms with Crippen molar-refractivity contribution in [3.05, 3.63) is 57.5 Å². The van der Waals surface area contributed by atoms with E-state index in [9.17, 15) is 4.79 Å². The molecule has 3 nitrogen and oxygen atoms in total. The van der Waals surface area contributed by atoms with E-state index in [2.05, 4.69) is 54.8 Å². The highest BCUT2D eigenvalue weighted by Crippen LogP contribution is 2.66. The molecule has 110 valence electrons. The summed E-state index contributed by atoms with van der Waals surface area (Å²) >= 11 is 0. The number of nitrogens with zero attached hydrogens (tertiary/aromatic N) is 1. The molecular weight excluding hydrogens is 260 g/mol. The first-order chi connectivity index (χ1) is 9.95. The van der Waals surface area contributed by atoms with Gasteiger partial charge in [0.25, 0.3) is 5.56 Å². The zero-order valence-corrected chi connectivity index (χ0v) is 12.9. The standard InChI is InChI=1S/C18H22N2O/c1-17(2)13-9-10-18(17,3)15-14(13)16(21)19-20(15)11-12-7-5-4-6-8-12/h4-8,13H,9-11H2,1-3H3,(H,19,21)/t13-,18+/m0/s1. The van der Waals surface area contributed by atoms with Crippen molar-refractivity contribution >= 4 is 0 Å². The molecule has 0 amide bonds. The van der Waals surface area contributed by atoms with Crippen molar-refractivity contribution in [1.82, 2.24) is 9.78 Å². The Morgan fingerprint density at radius 2 is 1.95 bits per heavy atom. The minimum absolute atomic E-state index is 0.112. The third kappa shape index (κ3) is 1.47. The highest BCUT2D eigenvalue weighted by molar-refractivity contribution is 5.45. The molecule has 2 aromatic rings. The number of hydrogen-bond acceptors (Lipinski definition) is 1. The van der Waals surface area contributed by atoms with E-state index in [1.165, 1.54) is 17.7 Å². The number of benzene rings is 1. The van der Waals surface area contributed by atoms with Crippen LogP contribution in [0.1, 0.15) is 56.4 Å². The van der Waals surface area contributed by atoms with Crippen LogP contribution in [0.5, 0.6) is 0 Å². The van der Waals surface area contributed by atoms with Gasteiger partial charge >= 0.3 is 0 Å². The molecule has 0 aliphatic heterocycles. The topological polar surface area (TPSA) is 37.8 Å². The van der Waals surface area contributed by atoms with Crippen molar-refractivity contribution in [1.29, 1.82) is 0 Å². The Balaban J connectivity index is 1.87. The SMILES string of the molecule is CC1(C)[C@H]2CC[C@]1(C)c1c2c(=O)[nH]n1Cc1ccccc1. The van der Waals surface area contributed by atoms with Crippen LogP contribution in [0, 0.1) is 5.41 Å². The second kappa shape index (κ2) is 3.90. The maximum atomic E-state index is 12.5. The zero-order valence-electron chi connectivity index (χ0n) is 12.9. The Labute approximate surface area is 125 Å². The van der Waals surface area contributed by atoms with Crippen LogP contribution in [0.2, 0.25) is 0 Å². The average molecular weight is 282 g/mol. The molecule has 0 spiro atoms. The van der Waals surface area contributed by atoms with Gasteiger partial charge in [-0.3, -0.25) is 14.6 Å². The van der Waals surface area contributed by atoms with Crippen molar-refractivity contribution < 1.29 is 0 Å². The molecule has 21 heavy (non-hydrogen) atoms. The van der Waals surface area contributed by atoms with E-state index in [4.69, 9.17) is 0 Å². The fourth-order valence-electron chi connectivity index (χ4n) is 4.72. The first kappa shape index (κ1) is 12.9. The summed E-state index contributed by atoms with van der Waals surface area (Å²) in [7, 11) is 0. The first-order valence-corrected chi connectivity index (χ1v) is 7.82. The van der Waals surface area contributed by atoms with Crippen molar-refractivity contribution in [3.63, 3.8) is 0 Å². The van der Waals surface area contributed by atoms with Gasteiger partial charge in [-0.05, 0) is 29.7 Å². The van der Waals surface area contributed by atoms with Crippen molar-refractivity contribution in [2.75, 3.05) is 0 Å². The second-order valence-corrected chi connectivity index (χ2v) is 7.42. The molecule has 0 radical (unpaired) electrons. The number of fused-ring (bicyclic) bond motifs is 5. The predicted octanol–water partition coefficient (Wildman–Crippen LogP) is 3.40. The maximum absolute atomic E-state index is 12.5. The maximum Gasteiger partial charge on any atom is 0.267 e. The Bertz CT molecular complexity index is 753. The average Bonchev–Trinajstić information content (AvgIpc) is 2.95. The van der Waals surface area contributed by atoms with Crippen LogP contribution < -0.4 is 5.56 Å². The Hall–Kier alpha value is -1.77. The summed E-state index contributed by atoms with van der Waals surface area (Å²) in [5.41, 5.74) is 3.98. The van der Waals surface area contributed by atoms with Gasteiger partial charge in [0, 0.05) is 11.0 Å². The lowest BCUT2D eigenvalue weighted by Gasteiger charge is -2.35. The van der Waals surface area contributed by atoms with Gasteiger partial charge in [0.05, 0.1) is 12.2 Å². The molecule has 2 aliphatic carbocycles. The van der Waals surface area contributed by atoms with Crippen molar-refractivity contribution in [2.24, 2.45) is 5.41 Å². The molecule has 2 aliphatic rings. The molecular formula is C18H22N2O. The van der Waals surface area contributed by atoms with Crippen LogP contribution >= 0.6 is 0 Å². The number of aromatic nitrogens is 2. The Kier molecular flexibility index (Phi) is 2.40. The molecule has 1 N–H and O–H groups in total. The van der Waals surface area contributed by atoms with E-state index in [0.29, 0.717) is 5.92 Å². The monoisotopic (exact) mass is 282 g/mol. The second-order valence-electron chi connectivity index (χ2n) is 7.42. The van der Waals surface area contributed by atoms with Crippen LogP contribution in [-0.4, -0.2) is 9.78 Å². The molecule has 3 heteroatoms. The summed E-state index contributed by atoms with van der Waals surface area (Å²) in [5.74, 6) is 0.415. The lowest BCUT2D eigenvalue weighted by molar-refractivity contribution is 0.218. The molecule has 1 heterocycles. The van der Waals surface area contributed by atoms with Crippen molar-refractivity contribution in [3.8, 4) is 0 Å². The fraction of sp³-hybridized carbons (Fsp3) is 0.500. The highest BCUT2D eigenvalue weighted by Gasteiger charge is 2.62. The first-order valence-electron chi connectivity index (χ1n) is 7.82. The van der Waals surface area contributed by atoms with Crippen LogP contribution in [0.25, 0.3) is 0 Å². The number of H-pyrrole nitrogens is 1. The van der Waals surface area contributed by atoms with Gasteiger partial charge in [-0.25, -0.2) is 0 Å². The third-order valence-corrected chi connectivity index (χ3v) is 6.29. The molecule has 2 bridgehead atoms. The van der Waals surface area contributed by atoms with Gasteiger partial charge in [0.2, 0.25) is 0 Å². The molecule has 1 aromatic carbocycles. The van der Waals surface area contributed by atoms with Crippen LogP contribution in [0.15, 0.2) is 35.1 Å². The van der Waals surface area contributed by atoms with Gasteiger partial charge in [-0.15, -0.1) is 0 Å². The number of aromatic amines is 1. The van der Waals surface area contributed by atoms with Crippen molar-refractivity contribution in [2.45, 2.75) is 51.5 Å². The Morgan fingerprint density at radius 1 is 1.24 bits per heavy atom. The largest absolute Gasteiger partial charge is 0.284 e. The number of rotatable bonds is 2.